The smallest absolute Gasteiger partial charge is 0.0761 e. The maximum atomic E-state index is 9.46. The molecule has 94 valence electrons. The first-order valence-electron chi connectivity index (χ1n) is 6.26. The fourth-order valence-corrected chi connectivity index (χ4v) is 2.31. The molecule has 1 fully saturated rings. The Morgan fingerprint density at radius 3 is 2.29 bits per heavy atom. The zero-order valence-corrected chi connectivity index (χ0v) is 10.6. The molecule has 1 saturated heterocycles. The van der Waals surface area contributed by atoms with E-state index in [-0.39, 0.29) is 6.10 Å². The van der Waals surface area contributed by atoms with Gasteiger partial charge in [-0.15, -0.1) is 0 Å². The topological polar surface area (TPSA) is 32.7 Å². The first-order valence-corrected chi connectivity index (χ1v) is 6.26. The number of hydrogen-bond acceptors (Lipinski definition) is 3. The summed E-state index contributed by atoms with van der Waals surface area (Å²) in [5.74, 6) is 0. The molecule has 1 aliphatic heterocycles. The molecule has 0 unspecified atom stereocenters. The van der Waals surface area contributed by atoms with E-state index in [0.717, 1.165) is 31.5 Å². The van der Waals surface area contributed by atoms with Gasteiger partial charge in [0.05, 0.1) is 12.2 Å². The Balaban J connectivity index is 1.99. The maximum absolute atomic E-state index is 9.46. The Hall–Kier alpha value is -1.06. The molecule has 0 amide bonds. The highest BCUT2D eigenvalue weighted by Gasteiger charge is 2.18. The van der Waals surface area contributed by atoms with Crippen molar-refractivity contribution in [2.75, 3.05) is 25.1 Å². The Labute approximate surface area is 103 Å². The number of rotatable bonds is 3. The van der Waals surface area contributed by atoms with Crippen molar-refractivity contribution in [3.8, 4) is 0 Å². The van der Waals surface area contributed by atoms with Gasteiger partial charge in [-0.1, -0.05) is 12.1 Å². The Bertz CT molecular complexity index is 340. The molecule has 3 heteroatoms. The van der Waals surface area contributed by atoms with E-state index in [4.69, 9.17) is 4.74 Å². The molecule has 1 N–H and O–H groups in total. The Morgan fingerprint density at radius 2 is 1.82 bits per heavy atom. The lowest BCUT2D eigenvalue weighted by molar-refractivity contribution is 0.0819. The summed E-state index contributed by atoms with van der Waals surface area (Å²) >= 11 is 0. The van der Waals surface area contributed by atoms with Crippen LogP contribution in [0.25, 0.3) is 0 Å². The van der Waals surface area contributed by atoms with Crippen molar-refractivity contribution >= 4 is 5.69 Å². The standard InChI is InChI=1S/C14H21NO2/c1-11(16)12-3-5-13(6-4-12)15-9-7-14(17-2)8-10-15/h3-6,11,14,16H,7-10H2,1-2H3/t11-/m0/s1. The molecule has 1 aromatic carbocycles. The highest BCUT2D eigenvalue weighted by atomic mass is 16.5. The first-order chi connectivity index (χ1) is 8.20. The van der Waals surface area contributed by atoms with Crippen LogP contribution in [0, 0.1) is 0 Å². The van der Waals surface area contributed by atoms with E-state index in [1.807, 2.05) is 12.1 Å². The number of aliphatic hydroxyl groups excluding tert-OH is 1. The molecule has 1 heterocycles. The van der Waals surface area contributed by atoms with Gasteiger partial charge in [0.25, 0.3) is 0 Å². The maximum Gasteiger partial charge on any atom is 0.0761 e. The lowest BCUT2D eigenvalue weighted by Gasteiger charge is -2.33. The number of methoxy groups -OCH3 is 1. The lowest BCUT2D eigenvalue weighted by atomic mass is 10.1. The van der Waals surface area contributed by atoms with E-state index in [0.29, 0.717) is 6.10 Å². The average Bonchev–Trinajstić information content (AvgIpc) is 2.39. The second kappa shape index (κ2) is 5.52. The van der Waals surface area contributed by atoms with Crippen molar-refractivity contribution in [3.63, 3.8) is 0 Å². The zero-order chi connectivity index (χ0) is 12.3. The molecule has 1 aliphatic rings. The van der Waals surface area contributed by atoms with Crippen LogP contribution in [0.15, 0.2) is 24.3 Å². The quantitative estimate of drug-likeness (QED) is 0.873. The summed E-state index contributed by atoms with van der Waals surface area (Å²) < 4.78 is 5.37. The van der Waals surface area contributed by atoms with Crippen molar-refractivity contribution in [2.45, 2.75) is 32.0 Å². The van der Waals surface area contributed by atoms with Crippen LogP contribution < -0.4 is 4.90 Å². The highest BCUT2D eigenvalue weighted by molar-refractivity contribution is 5.48. The second-order valence-electron chi connectivity index (χ2n) is 4.69. The van der Waals surface area contributed by atoms with Crippen molar-refractivity contribution in [3.05, 3.63) is 29.8 Å². The van der Waals surface area contributed by atoms with Gasteiger partial charge in [-0.25, -0.2) is 0 Å². The van der Waals surface area contributed by atoms with E-state index in [1.54, 1.807) is 14.0 Å². The van der Waals surface area contributed by atoms with E-state index in [1.165, 1.54) is 5.69 Å². The van der Waals surface area contributed by atoms with Crippen LogP contribution in [0.3, 0.4) is 0 Å². The molecular weight excluding hydrogens is 214 g/mol. The third-order valence-electron chi connectivity index (χ3n) is 3.52. The third-order valence-corrected chi connectivity index (χ3v) is 3.52. The molecule has 0 aliphatic carbocycles. The van der Waals surface area contributed by atoms with Crippen LogP contribution in [-0.2, 0) is 4.74 Å². The van der Waals surface area contributed by atoms with Gasteiger partial charge in [0.2, 0.25) is 0 Å². The van der Waals surface area contributed by atoms with Crippen molar-refractivity contribution in [2.24, 2.45) is 0 Å². The summed E-state index contributed by atoms with van der Waals surface area (Å²) in [5.41, 5.74) is 2.21. The number of nitrogens with zero attached hydrogens (tertiary/aromatic N) is 1. The molecule has 0 bridgehead atoms. The zero-order valence-electron chi connectivity index (χ0n) is 10.6. The molecule has 2 rings (SSSR count). The predicted octanol–water partition coefficient (Wildman–Crippen LogP) is 2.36. The molecule has 1 aromatic rings. The van der Waals surface area contributed by atoms with Crippen LogP contribution in [0.4, 0.5) is 5.69 Å². The fraction of sp³-hybridized carbons (Fsp3) is 0.571. The number of piperidine rings is 1. The summed E-state index contributed by atoms with van der Waals surface area (Å²) in [6.07, 6.45) is 2.22. The predicted molar refractivity (Wildman–Crippen MR) is 69.3 cm³/mol. The molecule has 0 aromatic heterocycles. The Morgan fingerprint density at radius 1 is 1.24 bits per heavy atom. The van der Waals surface area contributed by atoms with Crippen molar-refractivity contribution in [1.82, 2.24) is 0 Å². The summed E-state index contributed by atoms with van der Waals surface area (Å²) in [7, 11) is 1.79. The largest absolute Gasteiger partial charge is 0.389 e. The van der Waals surface area contributed by atoms with E-state index >= 15 is 0 Å². The molecule has 17 heavy (non-hydrogen) atoms. The summed E-state index contributed by atoms with van der Waals surface area (Å²) in [6.45, 7) is 3.89. The van der Waals surface area contributed by atoms with Crippen LogP contribution in [-0.4, -0.2) is 31.4 Å². The van der Waals surface area contributed by atoms with Gasteiger partial charge < -0.3 is 14.7 Å². The lowest BCUT2D eigenvalue weighted by Crippen LogP contribution is -2.36. The summed E-state index contributed by atoms with van der Waals surface area (Å²) in [5, 5.41) is 9.46. The molecule has 0 spiro atoms. The minimum atomic E-state index is -0.386. The molecular formula is C14H21NO2. The van der Waals surface area contributed by atoms with Gasteiger partial charge in [-0.3, -0.25) is 0 Å². The summed E-state index contributed by atoms with van der Waals surface area (Å²) in [4.78, 5) is 2.38. The van der Waals surface area contributed by atoms with E-state index in [2.05, 4.69) is 17.0 Å². The van der Waals surface area contributed by atoms with Gasteiger partial charge in [0.15, 0.2) is 0 Å². The van der Waals surface area contributed by atoms with E-state index < -0.39 is 0 Å². The number of anilines is 1. The number of hydrogen-bond donors (Lipinski definition) is 1. The van der Waals surface area contributed by atoms with Gasteiger partial charge in [-0.05, 0) is 37.5 Å². The van der Waals surface area contributed by atoms with Crippen LogP contribution in [0.1, 0.15) is 31.4 Å². The minimum Gasteiger partial charge on any atom is -0.389 e. The summed E-state index contributed by atoms with van der Waals surface area (Å²) in [6, 6.07) is 8.19. The molecule has 1 atom stereocenters. The fourth-order valence-electron chi connectivity index (χ4n) is 2.31. The van der Waals surface area contributed by atoms with Gasteiger partial charge in [0, 0.05) is 25.9 Å². The van der Waals surface area contributed by atoms with Gasteiger partial charge in [0.1, 0.15) is 0 Å². The number of benzene rings is 1. The Kier molecular flexibility index (Phi) is 4.02. The molecule has 0 radical (unpaired) electrons. The van der Waals surface area contributed by atoms with Crippen molar-refractivity contribution in [1.29, 1.82) is 0 Å². The SMILES string of the molecule is COC1CCN(c2ccc([C@H](C)O)cc2)CC1. The van der Waals surface area contributed by atoms with Crippen molar-refractivity contribution < 1.29 is 9.84 Å². The monoisotopic (exact) mass is 235 g/mol. The van der Waals surface area contributed by atoms with E-state index in [9.17, 15) is 5.11 Å². The molecule has 0 saturated carbocycles. The minimum absolute atomic E-state index is 0.386. The van der Waals surface area contributed by atoms with Crippen LogP contribution in [0.2, 0.25) is 0 Å². The van der Waals surface area contributed by atoms with Crippen LogP contribution in [0.5, 0.6) is 0 Å². The van der Waals surface area contributed by atoms with Crippen LogP contribution >= 0.6 is 0 Å². The normalized spacial score (nSPS) is 19.4. The molecule has 3 nitrogen and oxygen atoms in total. The second-order valence-corrected chi connectivity index (χ2v) is 4.69. The highest BCUT2D eigenvalue weighted by Crippen LogP contribution is 2.23. The van der Waals surface area contributed by atoms with Gasteiger partial charge >= 0.3 is 0 Å². The first kappa shape index (κ1) is 12.4. The average molecular weight is 235 g/mol. The number of aliphatic hydroxyl groups is 1. The number of ether oxygens (including phenoxy) is 1. The van der Waals surface area contributed by atoms with Gasteiger partial charge in [-0.2, -0.15) is 0 Å². The third kappa shape index (κ3) is 2.99.